The molecule has 0 amide bonds. The van der Waals surface area contributed by atoms with E-state index >= 15 is 0 Å². The highest BCUT2D eigenvalue weighted by molar-refractivity contribution is 5.92. The second-order valence-electron chi connectivity index (χ2n) is 4.70. The van der Waals surface area contributed by atoms with Crippen molar-refractivity contribution in [1.82, 2.24) is 0 Å². The minimum absolute atomic E-state index is 0.212. The van der Waals surface area contributed by atoms with Crippen LogP contribution in [-0.2, 0) is 4.74 Å². The molecule has 0 spiro atoms. The summed E-state index contributed by atoms with van der Waals surface area (Å²) in [5.74, 6) is 0.107. The lowest BCUT2D eigenvalue weighted by atomic mass is 10.2. The Kier molecular flexibility index (Phi) is 5.78. The van der Waals surface area contributed by atoms with Gasteiger partial charge in [0.2, 0.25) is 0 Å². The van der Waals surface area contributed by atoms with Gasteiger partial charge in [0.05, 0.1) is 32.0 Å². The lowest BCUT2D eigenvalue weighted by Gasteiger charge is -2.11. The van der Waals surface area contributed by atoms with Gasteiger partial charge in [-0.05, 0) is 49.4 Å². The smallest absolute Gasteiger partial charge is 0.343 e. The van der Waals surface area contributed by atoms with E-state index in [4.69, 9.17) is 14.2 Å². The predicted octanol–water partition coefficient (Wildman–Crippen LogP) is 3.10. The van der Waals surface area contributed by atoms with E-state index < -0.39 is 11.9 Å². The number of hydrogen-bond acceptors (Lipinski definition) is 6. The van der Waals surface area contributed by atoms with Crippen LogP contribution in [0.3, 0.4) is 0 Å². The lowest BCUT2D eigenvalue weighted by molar-refractivity contribution is 0.0600. The Morgan fingerprint density at radius 3 is 2.12 bits per heavy atom. The van der Waals surface area contributed by atoms with Gasteiger partial charge in [-0.2, -0.15) is 0 Å². The van der Waals surface area contributed by atoms with Crippen LogP contribution in [-0.4, -0.2) is 32.8 Å². The Hall–Kier alpha value is -3.02. The Labute approximate surface area is 139 Å². The molecule has 0 unspecified atom stereocenters. The number of benzene rings is 2. The zero-order valence-corrected chi connectivity index (χ0v) is 13.7. The Morgan fingerprint density at radius 2 is 1.54 bits per heavy atom. The molecule has 2 rings (SSSR count). The van der Waals surface area contributed by atoms with Crippen LogP contribution in [0.2, 0.25) is 0 Å². The Balaban J connectivity index is 2.17. The summed E-state index contributed by atoms with van der Waals surface area (Å²) in [5.41, 5.74) is 0.674. The molecule has 0 saturated carbocycles. The van der Waals surface area contributed by atoms with Crippen molar-refractivity contribution in [1.29, 1.82) is 0 Å². The number of carbonyl (C=O) groups excluding carboxylic acids is 2. The van der Waals surface area contributed by atoms with Crippen molar-refractivity contribution in [2.75, 3.05) is 20.8 Å². The molecule has 6 nitrogen and oxygen atoms in total. The number of esters is 2. The highest BCUT2D eigenvalue weighted by atomic mass is 16.6. The van der Waals surface area contributed by atoms with Crippen LogP contribution in [0.25, 0.3) is 0 Å². The normalized spacial score (nSPS) is 9.96. The van der Waals surface area contributed by atoms with E-state index in [0.29, 0.717) is 23.5 Å². The van der Waals surface area contributed by atoms with E-state index in [-0.39, 0.29) is 11.5 Å². The van der Waals surface area contributed by atoms with Gasteiger partial charge in [-0.1, -0.05) is 0 Å². The van der Waals surface area contributed by atoms with Crippen LogP contribution < -0.4 is 14.2 Å². The molecule has 0 aromatic heterocycles. The van der Waals surface area contributed by atoms with Crippen LogP contribution in [0.1, 0.15) is 27.6 Å². The van der Waals surface area contributed by atoms with Crippen molar-refractivity contribution in [3.8, 4) is 17.2 Å². The molecule has 0 atom stereocenters. The third-order valence-corrected chi connectivity index (χ3v) is 3.19. The summed E-state index contributed by atoms with van der Waals surface area (Å²) >= 11 is 0. The summed E-state index contributed by atoms with van der Waals surface area (Å²) < 4.78 is 20.5. The van der Waals surface area contributed by atoms with Gasteiger partial charge in [-0.15, -0.1) is 0 Å². The SMILES string of the molecule is CCOc1ccc(C(=O)Oc2ccc(C(=O)OC)cc2OC)cc1. The topological polar surface area (TPSA) is 71.1 Å². The average Bonchev–Trinajstić information content (AvgIpc) is 2.62. The molecular weight excluding hydrogens is 312 g/mol. The fraction of sp³-hybridized carbons (Fsp3) is 0.222. The Bertz CT molecular complexity index is 721. The highest BCUT2D eigenvalue weighted by Gasteiger charge is 2.15. The number of hydrogen-bond donors (Lipinski definition) is 0. The summed E-state index contributed by atoms with van der Waals surface area (Å²) in [4.78, 5) is 23.7. The molecule has 0 N–H and O–H groups in total. The number of rotatable bonds is 6. The molecule has 0 heterocycles. The maximum Gasteiger partial charge on any atom is 0.343 e. The van der Waals surface area contributed by atoms with Crippen molar-refractivity contribution in [3.63, 3.8) is 0 Å². The third-order valence-electron chi connectivity index (χ3n) is 3.19. The van der Waals surface area contributed by atoms with Crippen molar-refractivity contribution < 1.29 is 28.5 Å². The molecule has 0 aliphatic heterocycles. The minimum Gasteiger partial charge on any atom is -0.494 e. The van der Waals surface area contributed by atoms with Crippen molar-refractivity contribution in [2.24, 2.45) is 0 Å². The van der Waals surface area contributed by atoms with Crippen molar-refractivity contribution in [3.05, 3.63) is 53.6 Å². The van der Waals surface area contributed by atoms with Gasteiger partial charge in [-0.3, -0.25) is 0 Å². The number of carbonyl (C=O) groups is 2. The highest BCUT2D eigenvalue weighted by Crippen LogP contribution is 2.29. The third kappa shape index (κ3) is 4.04. The quantitative estimate of drug-likeness (QED) is 0.599. The van der Waals surface area contributed by atoms with Crippen molar-refractivity contribution in [2.45, 2.75) is 6.92 Å². The molecular formula is C18H18O6. The van der Waals surface area contributed by atoms with E-state index in [1.54, 1.807) is 24.3 Å². The van der Waals surface area contributed by atoms with Gasteiger partial charge in [0.25, 0.3) is 0 Å². The Morgan fingerprint density at radius 1 is 0.875 bits per heavy atom. The molecule has 6 heteroatoms. The van der Waals surface area contributed by atoms with E-state index in [9.17, 15) is 9.59 Å². The van der Waals surface area contributed by atoms with E-state index in [2.05, 4.69) is 4.74 Å². The maximum absolute atomic E-state index is 12.2. The van der Waals surface area contributed by atoms with Crippen LogP contribution in [0.4, 0.5) is 0 Å². The second-order valence-corrected chi connectivity index (χ2v) is 4.70. The zero-order valence-electron chi connectivity index (χ0n) is 13.7. The van der Waals surface area contributed by atoms with E-state index in [1.807, 2.05) is 6.92 Å². The molecule has 0 saturated heterocycles. The first-order valence-electron chi connectivity index (χ1n) is 7.30. The number of ether oxygens (including phenoxy) is 4. The summed E-state index contributed by atoms with van der Waals surface area (Å²) in [6, 6.07) is 11.0. The molecule has 0 radical (unpaired) electrons. The average molecular weight is 330 g/mol. The summed E-state index contributed by atoms with van der Waals surface area (Å²) in [5, 5.41) is 0. The van der Waals surface area contributed by atoms with Crippen molar-refractivity contribution >= 4 is 11.9 Å². The molecule has 24 heavy (non-hydrogen) atoms. The molecule has 2 aromatic carbocycles. The molecule has 0 fully saturated rings. The standard InChI is InChI=1S/C18H18O6/c1-4-23-14-8-5-12(6-9-14)18(20)24-15-10-7-13(17(19)22-3)11-16(15)21-2/h5-11H,4H2,1-3H3. The van der Waals surface area contributed by atoms with Gasteiger partial charge in [0, 0.05) is 0 Å². The summed E-state index contributed by atoms with van der Waals surface area (Å²) in [7, 11) is 2.71. The van der Waals surface area contributed by atoms with E-state index in [1.165, 1.54) is 32.4 Å². The first-order chi connectivity index (χ1) is 11.6. The second kappa shape index (κ2) is 8.01. The van der Waals surface area contributed by atoms with Gasteiger partial charge in [-0.25, -0.2) is 9.59 Å². The predicted molar refractivity (Wildman–Crippen MR) is 86.9 cm³/mol. The lowest BCUT2D eigenvalue weighted by Crippen LogP contribution is -2.10. The van der Waals surface area contributed by atoms with Crippen LogP contribution in [0, 0.1) is 0 Å². The molecule has 0 bridgehead atoms. The van der Waals surface area contributed by atoms with Gasteiger partial charge < -0.3 is 18.9 Å². The van der Waals surface area contributed by atoms with Crippen LogP contribution in [0.15, 0.2) is 42.5 Å². The minimum atomic E-state index is -0.540. The van der Waals surface area contributed by atoms with Crippen LogP contribution >= 0.6 is 0 Å². The first kappa shape index (κ1) is 17.3. The fourth-order valence-electron chi connectivity index (χ4n) is 2.01. The van der Waals surface area contributed by atoms with Gasteiger partial charge in [0.1, 0.15) is 5.75 Å². The fourth-order valence-corrected chi connectivity index (χ4v) is 2.01. The monoisotopic (exact) mass is 330 g/mol. The maximum atomic E-state index is 12.2. The van der Waals surface area contributed by atoms with Gasteiger partial charge in [0.15, 0.2) is 11.5 Å². The molecule has 2 aromatic rings. The largest absolute Gasteiger partial charge is 0.494 e. The van der Waals surface area contributed by atoms with E-state index in [0.717, 1.165) is 0 Å². The molecule has 126 valence electrons. The summed E-state index contributed by atoms with van der Waals surface area (Å²) in [6.45, 7) is 2.43. The zero-order chi connectivity index (χ0) is 17.5. The number of methoxy groups -OCH3 is 2. The first-order valence-corrected chi connectivity index (χ1v) is 7.30. The van der Waals surface area contributed by atoms with Gasteiger partial charge >= 0.3 is 11.9 Å². The molecule has 0 aliphatic rings. The van der Waals surface area contributed by atoms with Crippen LogP contribution in [0.5, 0.6) is 17.2 Å². The molecule has 0 aliphatic carbocycles. The summed E-state index contributed by atoms with van der Waals surface area (Å²) in [6.07, 6.45) is 0.